The van der Waals surface area contributed by atoms with Crippen LogP contribution in [0.5, 0.6) is 11.5 Å². The number of fused-ring (bicyclic) bond motifs is 1. The van der Waals surface area contributed by atoms with Crippen LogP contribution < -0.4 is 20.2 Å². The number of ether oxygens (including phenoxy) is 2. The summed E-state index contributed by atoms with van der Waals surface area (Å²) >= 11 is 3.41. The number of nitrogens with one attached hydrogen (secondary N) is 2. The Hall–Kier alpha value is -2.09. The Balaban J connectivity index is 1.47. The number of halogens is 1. The molecule has 25 heavy (non-hydrogen) atoms. The zero-order valence-corrected chi connectivity index (χ0v) is 15.3. The van der Waals surface area contributed by atoms with E-state index in [1.807, 2.05) is 0 Å². The van der Waals surface area contributed by atoms with Gasteiger partial charge in [-0.1, -0.05) is 19.3 Å². The monoisotopic (exact) mass is 409 g/mol. The van der Waals surface area contributed by atoms with Crippen molar-refractivity contribution < 1.29 is 19.1 Å². The number of benzene rings is 1. The SMILES string of the molecule is O=C(CC(=O)NC1CCCCC1)N/N=C\c1cc2c(cc1Br)OCO2. The minimum absolute atomic E-state index is 0.190. The van der Waals surface area contributed by atoms with Crippen LogP contribution in [0.15, 0.2) is 21.7 Å². The summed E-state index contributed by atoms with van der Waals surface area (Å²) in [5, 5.41) is 6.80. The van der Waals surface area contributed by atoms with E-state index >= 15 is 0 Å². The van der Waals surface area contributed by atoms with Crippen LogP contribution in [0.3, 0.4) is 0 Å². The quantitative estimate of drug-likeness (QED) is 0.444. The lowest BCUT2D eigenvalue weighted by atomic mass is 9.95. The Morgan fingerprint density at radius 3 is 2.64 bits per heavy atom. The van der Waals surface area contributed by atoms with E-state index in [-0.39, 0.29) is 25.2 Å². The Labute approximate surface area is 154 Å². The second-order valence-corrected chi connectivity index (χ2v) is 6.95. The number of hydrogen-bond acceptors (Lipinski definition) is 5. The maximum absolute atomic E-state index is 11.9. The lowest BCUT2D eigenvalue weighted by molar-refractivity contribution is -0.129. The molecule has 2 N–H and O–H groups in total. The van der Waals surface area contributed by atoms with Gasteiger partial charge in [0.15, 0.2) is 11.5 Å². The second-order valence-electron chi connectivity index (χ2n) is 6.10. The predicted octanol–water partition coefficient (Wildman–Crippen LogP) is 2.47. The van der Waals surface area contributed by atoms with Gasteiger partial charge >= 0.3 is 0 Å². The van der Waals surface area contributed by atoms with Gasteiger partial charge in [-0.3, -0.25) is 9.59 Å². The summed E-state index contributed by atoms with van der Waals surface area (Å²) in [7, 11) is 0. The highest BCUT2D eigenvalue weighted by Gasteiger charge is 2.18. The molecular formula is C17H20BrN3O4. The summed E-state index contributed by atoms with van der Waals surface area (Å²) in [5.74, 6) is 0.584. The van der Waals surface area contributed by atoms with E-state index in [1.54, 1.807) is 12.1 Å². The molecule has 1 aliphatic heterocycles. The van der Waals surface area contributed by atoms with Gasteiger partial charge in [-0.05, 0) is 40.9 Å². The highest BCUT2D eigenvalue weighted by molar-refractivity contribution is 9.10. The first-order valence-electron chi connectivity index (χ1n) is 8.32. The van der Waals surface area contributed by atoms with Crippen molar-refractivity contribution in [2.45, 2.75) is 44.6 Å². The molecule has 1 heterocycles. The van der Waals surface area contributed by atoms with E-state index in [9.17, 15) is 9.59 Å². The smallest absolute Gasteiger partial charge is 0.249 e. The second kappa shape index (κ2) is 8.33. The Kier molecular flexibility index (Phi) is 5.91. The molecule has 1 aliphatic carbocycles. The van der Waals surface area contributed by atoms with Crippen molar-refractivity contribution in [3.63, 3.8) is 0 Å². The van der Waals surface area contributed by atoms with Crippen LogP contribution in [0, 0.1) is 0 Å². The van der Waals surface area contributed by atoms with Crippen molar-refractivity contribution in [1.82, 2.24) is 10.7 Å². The molecule has 2 aliphatic rings. The zero-order chi connectivity index (χ0) is 17.6. The van der Waals surface area contributed by atoms with E-state index in [1.165, 1.54) is 12.6 Å². The third kappa shape index (κ3) is 4.94. The topological polar surface area (TPSA) is 89.0 Å². The number of amides is 2. The molecule has 0 aromatic heterocycles. The number of hydrogen-bond donors (Lipinski definition) is 2. The highest BCUT2D eigenvalue weighted by atomic mass is 79.9. The van der Waals surface area contributed by atoms with E-state index in [0.29, 0.717) is 11.5 Å². The van der Waals surface area contributed by atoms with E-state index in [2.05, 4.69) is 31.8 Å². The lowest BCUT2D eigenvalue weighted by Crippen LogP contribution is -2.38. The first kappa shape index (κ1) is 17.7. The summed E-state index contributed by atoms with van der Waals surface area (Å²) in [4.78, 5) is 23.7. The molecule has 0 radical (unpaired) electrons. The van der Waals surface area contributed by atoms with Crippen molar-refractivity contribution in [3.8, 4) is 11.5 Å². The van der Waals surface area contributed by atoms with Gasteiger partial charge in [-0.2, -0.15) is 5.10 Å². The van der Waals surface area contributed by atoms with Crippen molar-refractivity contribution in [1.29, 1.82) is 0 Å². The molecule has 0 saturated heterocycles. The number of carbonyl (C=O) groups excluding carboxylic acids is 2. The summed E-state index contributed by atoms with van der Waals surface area (Å²) in [6.45, 7) is 0.190. The zero-order valence-electron chi connectivity index (χ0n) is 13.7. The lowest BCUT2D eigenvalue weighted by Gasteiger charge is -2.22. The first-order chi connectivity index (χ1) is 12.1. The predicted molar refractivity (Wildman–Crippen MR) is 95.6 cm³/mol. The third-order valence-electron chi connectivity index (χ3n) is 4.18. The van der Waals surface area contributed by atoms with Crippen LogP contribution in [0.2, 0.25) is 0 Å². The molecule has 3 rings (SSSR count). The first-order valence-corrected chi connectivity index (χ1v) is 9.11. The molecule has 1 aromatic carbocycles. The molecular weight excluding hydrogens is 390 g/mol. The summed E-state index contributed by atoms with van der Waals surface area (Å²) < 4.78 is 11.3. The molecule has 0 spiro atoms. The van der Waals surface area contributed by atoms with Gasteiger partial charge in [0.1, 0.15) is 6.42 Å². The molecule has 1 saturated carbocycles. The molecule has 2 amide bonds. The van der Waals surface area contributed by atoms with Crippen LogP contribution >= 0.6 is 15.9 Å². The third-order valence-corrected chi connectivity index (χ3v) is 4.86. The van der Waals surface area contributed by atoms with Gasteiger partial charge in [0.25, 0.3) is 0 Å². The maximum Gasteiger partial charge on any atom is 0.249 e. The summed E-state index contributed by atoms with van der Waals surface area (Å²) in [5.41, 5.74) is 3.10. The molecule has 0 atom stereocenters. The van der Waals surface area contributed by atoms with Crippen molar-refractivity contribution in [2.24, 2.45) is 5.10 Å². The van der Waals surface area contributed by atoms with Crippen LogP contribution in [0.4, 0.5) is 0 Å². The standard InChI is InChI=1S/C17H20BrN3O4/c18-13-7-15-14(24-10-25-15)6-11(13)9-19-21-17(23)8-16(22)20-12-4-2-1-3-5-12/h6-7,9,12H,1-5,8,10H2,(H,20,22)(H,21,23)/b19-9-. The molecule has 1 aromatic rings. The molecule has 7 nitrogen and oxygen atoms in total. The van der Waals surface area contributed by atoms with Crippen molar-refractivity contribution >= 4 is 34.0 Å². The molecule has 0 unspecified atom stereocenters. The fourth-order valence-electron chi connectivity index (χ4n) is 2.92. The molecule has 134 valence electrons. The Morgan fingerprint density at radius 1 is 1.16 bits per heavy atom. The number of rotatable bonds is 5. The molecule has 8 heteroatoms. The molecule has 0 bridgehead atoms. The van der Waals surface area contributed by atoms with Gasteiger partial charge in [-0.15, -0.1) is 0 Å². The van der Waals surface area contributed by atoms with Crippen molar-refractivity contribution in [2.75, 3.05) is 6.79 Å². The average molecular weight is 410 g/mol. The minimum Gasteiger partial charge on any atom is -0.454 e. The molecule has 1 fully saturated rings. The van der Waals surface area contributed by atoms with Gasteiger partial charge in [0.2, 0.25) is 18.6 Å². The van der Waals surface area contributed by atoms with Gasteiger partial charge in [-0.25, -0.2) is 5.43 Å². The fraction of sp³-hybridized carbons (Fsp3) is 0.471. The number of carbonyl (C=O) groups is 2. The minimum atomic E-state index is -0.443. The van der Waals surface area contributed by atoms with E-state index in [0.717, 1.165) is 35.7 Å². The summed E-state index contributed by atoms with van der Waals surface area (Å²) in [6, 6.07) is 3.74. The number of hydrazone groups is 1. The highest BCUT2D eigenvalue weighted by Crippen LogP contribution is 2.36. The van der Waals surface area contributed by atoms with Crippen LogP contribution in [-0.2, 0) is 9.59 Å². The van der Waals surface area contributed by atoms with Crippen LogP contribution in [0.1, 0.15) is 44.1 Å². The van der Waals surface area contributed by atoms with Gasteiger partial charge < -0.3 is 14.8 Å². The Bertz CT molecular complexity index is 687. The fourth-order valence-corrected chi connectivity index (χ4v) is 3.34. The van der Waals surface area contributed by atoms with Gasteiger partial charge in [0, 0.05) is 16.1 Å². The largest absolute Gasteiger partial charge is 0.454 e. The normalized spacial score (nSPS) is 16.8. The average Bonchev–Trinajstić information content (AvgIpc) is 3.02. The van der Waals surface area contributed by atoms with Crippen molar-refractivity contribution in [3.05, 3.63) is 22.2 Å². The van der Waals surface area contributed by atoms with Gasteiger partial charge in [0.05, 0.1) is 6.21 Å². The van der Waals surface area contributed by atoms with Crippen LogP contribution in [-0.4, -0.2) is 30.9 Å². The van der Waals surface area contributed by atoms with E-state index < -0.39 is 5.91 Å². The van der Waals surface area contributed by atoms with Crippen LogP contribution in [0.25, 0.3) is 0 Å². The maximum atomic E-state index is 11.9. The Morgan fingerprint density at radius 2 is 1.88 bits per heavy atom. The van der Waals surface area contributed by atoms with E-state index in [4.69, 9.17) is 9.47 Å². The number of nitrogens with zero attached hydrogens (tertiary/aromatic N) is 1. The summed E-state index contributed by atoms with van der Waals surface area (Å²) in [6.07, 6.45) is 6.72.